The molecule has 2 nitrogen and oxygen atoms in total. The van der Waals surface area contributed by atoms with E-state index in [1.165, 1.54) is 0 Å². The maximum atomic E-state index is 9.38. The summed E-state index contributed by atoms with van der Waals surface area (Å²) in [4.78, 5) is 0. The third-order valence-corrected chi connectivity index (χ3v) is 2.88. The van der Waals surface area contributed by atoms with Gasteiger partial charge in [-0.2, -0.15) is 0 Å². The molecule has 0 aliphatic rings. The summed E-state index contributed by atoms with van der Waals surface area (Å²) in [6.45, 7) is 3.89. The molecule has 0 aromatic heterocycles. The Labute approximate surface area is 89.3 Å². The monoisotopic (exact) mass is 200 g/mol. The van der Waals surface area contributed by atoms with Crippen molar-refractivity contribution in [1.29, 1.82) is 0 Å². The Hall–Kier alpha value is -1.32. The standard InChI is InChI=1S/C12H13BO2/c1-8-7-10-5-3-4-6-11(10)12(9(8)2)13(14)15/h3-7,14-15H,1-2H3. The summed E-state index contributed by atoms with van der Waals surface area (Å²) in [6.07, 6.45) is 0. The van der Waals surface area contributed by atoms with Gasteiger partial charge in [-0.15, -0.1) is 0 Å². The van der Waals surface area contributed by atoms with Gasteiger partial charge >= 0.3 is 7.12 Å². The molecule has 0 fully saturated rings. The van der Waals surface area contributed by atoms with Gasteiger partial charge in [-0.25, -0.2) is 0 Å². The lowest BCUT2D eigenvalue weighted by atomic mass is 9.73. The van der Waals surface area contributed by atoms with E-state index in [-0.39, 0.29) is 0 Å². The molecule has 0 unspecified atom stereocenters. The second-order valence-corrected chi connectivity index (χ2v) is 3.83. The molecule has 2 rings (SSSR count). The lowest BCUT2D eigenvalue weighted by Crippen LogP contribution is -2.33. The van der Waals surface area contributed by atoms with Gasteiger partial charge in [0.05, 0.1) is 0 Å². The molecule has 0 bridgehead atoms. The molecule has 0 amide bonds. The Balaban J connectivity index is 2.89. The van der Waals surface area contributed by atoms with Crippen molar-refractivity contribution in [1.82, 2.24) is 0 Å². The first kappa shape index (κ1) is 10.2. The van der Waals surface area contributed by atoms with Crippen LogP contribution in [-0.2, 0) is 0 Å². The van der Waals surface area contributed by atoms with E-state index in [4.69, 9.17) is 0 Å². The minimum absolute atomic E-state index is 0.616. The predicted molar refractivity (Wildman–Crippen MR) is 63.2 cm³/mol. The smallest absolute Gasteiger partial charge is 0.423 e. The van der Waals surface area contributed by atoms with Crippen LogP contribution >= 0.6 is 0 Å². The van der Waals surface area contributed by atoms with Crippen LogP contribution in [0.1, 0.15) is 11.1 Å². The van der Waals surface area contributed by atoms with Gasteiger partial charge < -0.3 is 10.0 Å². The normalized spacial score (nSPS) is 10.7. The van der Waals surface area contributed by atoms with Gasteiger partial charge in [0.1, 0.15) is 0 Å². The van der Waals surface area contributed by atoms with Gasteiger partial charge in [0.15, 0.2) is 0 Å². The van der Waals surface area contributed by atoms with E-state index in [9.17, 15) is 10.0 Å². The second kappa shape index (κ2) is 3.68. The molecule has 0 heterocycles. The summed E-state index contributed by atoms with van der Waals surface area (Å²) in [7, 11) is -1.41. The molecule has 2 N–H and O–H groups in total. The minimum atomic E-state index is -1.41. The van der Waals surface area contributed by atoms with Gasteiger partial charge in [0, 0.05) is 0 Å². The minimum Gasteiger partial charge on any atom is -0.423 e. The predicted octanol–water partition coefficient (Wildman–Crippen LogP) is 1.14. The van der Waals surface area contributed by atoms with Crippen LogP contribution in [0.4, 0.5) is 0 Å². The zero-order chi connectivity index (χ0) is 11.0. The number of fused-ring (bicyclic) bond motifs is 1. The van der Waals surface area contributed by atoms with E-state index < -0.39 is 7.12 Å². The topological polar surface area (TPSA) is 40.5 Å². The molecular formula is C12H13BO2. The van der Waals surface area contributed by atoms with Gasteiger partial charge in [0.2, 0.25) is 0 Å². The molecule has 3 heteroatoms. The fraction of sp³-hybridized carbons (Fsp3) is 0.167. The van der Waals surface area contributed by atoms with Crippen molar-refractivity contribution in [3.63, 3.8) is 0 Å². The Morgan fingerprint density at radius 1 is 1.07 bits per heavy atom. The molecule has 0 saturated carbocycles. The van der Waals surface area contributed by atoms with Crippen LogP contribution in [0.25, 0.3) is 10.8 Å². The molecule has 2 aromatic rings. The van der Waals surface area contributed by atoms with Crippen molar-refractivity contribution in [2.45, 2.75) is 13.8 Å². The van der Waals surface area contributed by atoms with Crippen molar-refractivity contribution in [3.05, 3.63) is 41.5 Å². The number of benzene rings is 2. The maximum absolute atomic E-state index is 9.38. The van der Waals surface area contributed by atoms with Gasteiger partial charge in [0.25, 0.3) is 0 Å². The van der Waals surface area contributed by atoms with Crippen LogP contribution in [0.5, 0.6) is 0 Å². The van der Waals surface area contributed by atoms with Crippen molar-refractivity contribution < 1.29 is 10.0 Å². The summed E-state index contributed by atoms with van der Waals surface area (Å²) >= 11 is 0. The van der Waals surface area contributed by atoms with Crippen LogP contribution in [0.2, 0.25) is 0 Å². The summed E-state index contributed by atoms with van der Waals surface area (Å²) in [5, 5.41) is 20.7. The Bertz CT molecular complexity index is 506. The third kappa shape index (κ3) is 1.64. The highest BCUT2D eigenvalue weighted by Gasteiger charge is 2.18. The molecule has 0 saturated heterocycles. The highest BCUT2D eigenvalue weighted by Crippen LogP contribution is 2.17. The SMILES string of the molecule is Cc1cc2ccccc2c(B(O)O)c1C. The molecule has 0 aliphatic carbocycles. The highest BCUT2D eigenvalue weighted by atomic mass is 16.4. The lowest BCUT2D eigenvalue weighted by molar-refractivity contribution is 0.426. The fourth-order valence-corrected chi connectivity index (χ4v) is 1.96. The van der Waals surface area contributed by atoms with Crippen LogP contribution in [0, 0.1) is 13.8 Å². The molecule has 2 aromatic carbocycles. The first-order valence-corrected chi connectivity index (χ1v) is 4.96. The van der Waals surface area contributed by atoms with E-state index >= 15 is 0 Å². The molecule has 15 heavy (non-hydrogen) atoms. The summed E-state index contributed by atoms with van der Waals surface area (Å²) in [5.41, 5.74) is 2.64. The van der Waals surface area contributed by atoms with Crippen LogP contribution in [-0.4, -0.2) is 17.2 Å². The third-order valence-electron chi connectivity index (χ3n) is 2.88. The van der Waals surface area contributed by atoms with Crippen molar-refractivity contribution in [2.24, 2.45) is 0 Å². The zero-order valence-electron chi connectivity index (χ0n) is 8.86. The Morgan fingerprint density at radius 2 is 1.73 bits per heavy atom. The Kier molecular flexibility index (Phi) is 2.51. The van der Waals surface area contributed by atoms with E-state index in [0.717, 1.165) is 21.9 Å². The van der Waals surface area contributed by atoms with Crippen LogP contribution < -0.4 is 5.46 Å². The van der Waals surface area contributed by atoms with E-state index in [2.05, 4.69) is 6.07 Å². The summed E-state index contributed by atoms with van der Waals surface area (Å²) in [6, 6.07) is 9.81. The van der Waals surface area contributed by atoms with Crippen molar-refractivity contribution in [3.8, 4) is 0 Å². The van der Waals surface area contributed by atoms with E-state index in [0.29, 0.717) is 5.46 Å². The number of aryl methyl sites for hydroxylation is 1. The van der Waals surface area contributed by atoms with Crippen molar-refractivity contribution in [2.75, 3.05) is 0 Å². The van der Waals surface area contributed by atoms with Crippen LogP contribution in [0.15, 0.2) is 30.3 Å². The van der Waals surface area contributed by atoms with Crippen molar-refractivity contribution >= 4 is 23.4 Å². The van der Waals surface area contributed by atoms with Crippen LogP contribution in [0.3, 0.4) is 0 Å². The quantitative estimate of drug-likeness (QED) is 0.677. The zero-order valence-corrected chi connectivity index (χ0v) is 8.86. The first-order valence-electron chi connectivity index (χ1n) is 4.96. The Morgan fingerprint density at radius 3 is 2.40 bits per heavy atom. The largest absolute Gasteiger partial charge is 0.489 e. The number of hydrogen-bond acceptors (Lipinski definition) is 2. The fourth-order valence-electron chi connectivity index (χ4n) is 1.96. The first-order chi connectivity index (χ1) is 7.11. The van der Waals surface area contributed by atoms with Gasteiger partial charge in [-0.05, 0) is 41.2 Å². The average Bonchev–Trinajstić information content (AvgIpc) is 2.19. The second-order valence-electron chi connectivity index (χ2n) is 3.83. The molecule has 76 valence electrons. The number of hydrogen-bond donors (Lipinski definition) is 2. The van der Waals surface area contributed by atoms with E-state index in [1.807, 2.05) is 38.1 Å². The molecule has 0 atom stereocenters. The van der Waals surface area contributed by atoms with Gasteiger partial charge in [-0.3, -0.25) is 0 Å². The number of rotatable bonds is 1. The summed E-state index contributed by atoms with van der Waals surface area (Å²) in [5.74, 6) is 0. The molecule has 0 spiro atoms. The van der Waals surface area contributed by atoms with E-state index in [1.54, 1.807) is 0 Å². The molecule has 0 aliphatic heterocycles. The van der Waals surface area contributed by atoms with Gasteiger partial charge in [-0.1, -0.05) is 30.3 Å². The molecular weight excluding hydrogens is 187 g/mol. The highest BCUT2D eigenvalue weighted by molar-refractivity contribution is 6.62. The molecule has 0 radical (unpaired) electrons. The maximum Gasteiger partial charge on any atom is 0.489 e. The lowest BCUT2D eigenvalue weighted by Gasteiger charge is -2.12. The summed E-state index contributed by atoms with van der Waals surface area (Å²) < 4.78 is 0. The average molecular weight is 200 g/mol.